The van der Waals surface area contributed by atoms with Gasteiger partial charge in [-0.1, -0.05) is 154 Å². The van der Waals surface area contributed by atoms with E-state index in [4.69, 9.17) is 29.4 Å². The summed E-state index contributed by atoms with van der Waals surface area (Å²) < 4.78 is 33.3. The molecule has 0 aliphatic rings. The minimum absolute atomic E-state index is 0.0131. The van der Waals surface area contributed by atoms with Crippen LogP contribution >= 0.6 is 7.82 Å². The van der Waals surface area contributed by atoms with Crippen LogP contribution in [-0.2, 0) is 32.7 Å². The molecule has 0 aliphatic heterocycles. The van der Waals surface area contributed by atoms with E-state index >= 15 is 0 Å². The van der Waals surface area contributed by atoms with Gasteiger partial charge in [-0.15, -0.1) is 0 Å². The van der Waals surface area contributed by atoms with Gasteiger partial charge in [0.1, 0.15) is 12.1 Å². The summed E-state index contributed by atoms with van der Waals surface area (Å²) in [6.45, 7) is 3.83. The van der Waals surface area contributed by atoms with Crippen molar-refractivity contribution in [2.75, 3.05) is 26.4 Å². The number of carbonyl (C=O) groups excluding carboxylic acids is 1. The smallest absolute Gasteiger partial charge is 0.472 e. The molecule has 3 unspecified atom stereocenters. The van der Waals surface area contributed by atoms with Gasteiger partial charge in [0.25, 0.3) is 0 Å². The van der Waals surface area contributed by atoms with Crippen LogP contribution in [0.3, 0.4) is 0 Å². The van der Waals surface area contributed by atoms with E-state index in [1.165, 1.54) is 109 Å². The second-order valence-corrected chi connectivity index (χ2v) is 15.2. The molecule has 51 heavy (non-hydrogen) atoms. The summed E-state index contributed by atoms with van der Waals surface area (Å²) in [6.07, 6.45) is 37.9. The van der Waals surface area contributed by atoms with E-state index in [0.717, 1.165) is 44.9 Å². The first kappa shape index (κ1) is 49.5. The number of carboxylic acids is 1. The third-order valence-electron chi connectivity index (χ3n) is 8.73. The maximum Gasteiger partial charge on any atom is 0.472 e. The van der Waals surface area contributed by atoms with Gasteiger partial charge in [0, 0.05) is 13.0 Å². The Balaban J connectivity index is 4.28. The van der Waals surface area contributed by atoms with Crippen LogP contribution in [0, 0.1) is 0 Å². The molecule has 10 nitrogen and oxygen atoms in total. The summed E-state index contributed by atoms with van der Waals surface area (Å²) in [5.41, 5.74) is 5.34. The second kappa shape index (κ2) is 36.8. The van der Waals surface area contributed by atoms with Gasteiger partial charge in [0.2, 0.25) is 0 Å². The fraction of sp³-hybridized carbons (Fsp3) is 0.850. The number of unbranched alkanes of at least 4 members (excludes halogenated alkanes) is 21. The second-order valence-electron chi connectivity index (χ2n) is 13.8. The van der Waals surface area contributed by atoms with Crippen molar-refractivity contribution in [2.45, 2.75) is 193 Å². The van der Waals surface area contributed by atoms with Crippen molar-refractivity contribution >= 4 is 19.8 Å². The number of carbonyl (C=O) groups is 2. The highest BCUT2D eigenvalue weighted by Crippen LogP contribution is 2.43. The van der Waals surface area contributed by atoms with E-state index in [9.17, 15) is 19.0 Å². The largest absolute Gasteiger partial charge is 0.480 e. The molecule has 0 radical (unpaired) electrons. The third-order valence-corrected chi connectivity index (χ3v) is 9.68. The van der Waals surface area contributed by atoms with E-state index in [-0.39, 0.29) is 13.0 Å². The van der Waals surface area contributed by atoms with Crippen LogP contribution in [0.5, 0.6) is 0 Å². The maximum atomic E-state index is 12.6. The molecule has 0 aromatic rings. The van der Waals surface area contributed by atoms with Gasteiger partial charge in [0.15, 0.2) is 0 Å². The Morgan fingerprint density at radius 3 is 1.63 bits per heavy atom. The molecule has 0 bridgehead atoms. The lowest BCUT2D eigenvalue weighted by atomic mass is 10.0. The molecule has 4 N–H and O–H groups in total. The number of nitrogens with two attached hydrogens (primary N) is 1. The molecule has 3 atom stereocenters. The molecule has 0 aromatic heterocycles. The van der Waals surface area contributed by atoms with E-state index in [1.54, 1.807) is 0 Å². The lowest BCUT2D eigenvalue weighted by Crippen LogP contribution is -2.34. The van der Waals surface area contributed by atoms with Gasteiger partial charge in [-0.3, -0.25) is 18.6 Å². The van der Waals surface area contributed by atoms with Gasteiger partial charge >= 0.3 is 19.8 Å². The monoisotopic (exact) mass is 746 g/mol. The number of aliphatic carboxylic acids is 1. The highest BCUT2D eigenvalue weighted by Gasteiger charge is 2.27. The van der Waals surface area contributed by atoms with Crippen LogP contribution in [0.4, 0.5) is 0 Å². The number of ether oxygens (including phenoxy) is 2. The van der Waals surface area contributed by atoms with Crippen molar-refractivity contribution in [2.24, 2.45) is 5.73 Å². The first-order valence-electron chi connectivity index (χ1n) is 20.4. The van der Waals surface area contributed by atoms with Crippen molar-refractivity contribution in [1.29, 1.82) is 0 Å². The van der Waals surface area contributed by atoms with E-state index in [2.05, 4.69) is 38.2 Å². The summed E-state index contributed by atoms with van der Waals surface area (Å²) in [5.74, 6) is -1.78. The summed E-state index contributed by atoms with van der Waals surface area (Å²) in [7, 11) is -4.61. The minimum Gasteiger partial charge on any atom is -0.480 e. The van der Waals surface area contributed by atoms with Crippen molar-refractivity contribution in [3.8, 4) is 0 Å². The molecule has 0 heterocycles. The molecule has 0 rings (SSSR count). The fourth-order valence-electron chi connectivity index (χ4n) is 5.52. The average molecular weight is 746 g/mol. The number of phosphoric ester groups is 1. The number of esters is 1. The normalized spacial score (nSPS) is 14.3. The summed E-state index contributed by atoms with van der Waals surface area (Å²) in [6, 6.07) is -1.47. The molecule has 0 saturated heterocycles. The first-order valence-corrected chi connectivity index (χ1v) is 21.9. The van der Waals surface area contributed by atoms with Crippen LogP contribution in [0.2, 0.25) is 0 Å². The number of hydrogen-bond donors (Lipinski definition) is 3. The highest BCUT2D eigenvalue weighted by atomic mass is 31.2. The van der Waals surface area contributed by atoms with Crippen LogP contribution in [0.25, 0.3) is 0 Å². The van der Waals surface area contributed by atoms with Gasteiger partial charge in [0.05, 0.1) is 19.8 Å². The van der Waals surface area contributed by atoms with Crippen molar-refractivity contribution in [1.82, 2.24) is 0 Å². The standard InChI is InChI=1S/C40H76NO9P/c1-3-5-7-9-11-13-15-17-18-19-21-23-25-27-29-31-33-47-34-37(35-48-51(45,46)49-36-38(41)40(43)44)50-39(42)32-30-28-26-24-22-20-16-14-12-10-8-6-4-2/h11,13,17-18,37-38H,3-10,12,14-16,19-36,41H2,1-2H3,(H,43,44)(H,45,46)/b13-11-,18-17-. The van der Waals surface area contributed by atoms with E-state index in [1.807, 2.05) is 0 Å². The van der Waals surface area contributed by atoms with Gasteiger partial charge in [-0.2, -0.15) is 0 Å². The third kappa shape index (κ3) is 36.6. The molecule has 0 aromatic carbocycles. The summed E-state index contributed by atoms with van der Waals surface area (Å²) in [4.78, 5) is 33.4. The lowest BCUT2D eigenvalue weighted by Gasteiger charge is -2.20. The highest BCUT2D eigenvalue weighted by molar-refractivity contribution is 7.47. The molecular formula is C40H76NO9P. The molecule has 0 aliphatic carbocycles. The van der Waals surface area contributed by atoms with Crippen LogP contribution in [0.15, 0.2) is 24.3 Å². The number of carboxylic acid groups (broad SMARTS) is 1. The van der Waals surface area contributed by atoms with Gasteiger partial charge in [-0.25, -0.2) is 4.57 Å². The van der Waals surface area contributed by atoms with Crippen LogP contribution in [-0.4, -0.2) is 60.5 Å². The Kier molecular flexibility index (Phi) is 35.7. The number of rotatable bonds is 39. The first-order chi connectivity index (χ1) is 24.7. The number of hydrogen-bond acceptors (Lipinski definition) is 8. The van der Waals surface area contributed by atoms with Crippen LogP contribution in [0.1, 0.15) is 181 Å². The Bertz CT molecular complexity index is 914. The summed E-state index contributed by atoms with van der Waals surface area (Å²) in [5, 5.41) is 8.87. The molecule has 0 saturated carbocycles. The average Bonchev–Trinajstić information content (AvgIpc) is 3.10. The Labute approximate surface area is 311 Å². The fourth-order valence-corrected chi connectivity index (χ4v) is 6.29. The van der Waals surface area contributed by atoms with Gasteiger partial charge < -0.3 is 25.2 Å². The zero-order valence-corrected chi connectivity index (χ0v) is 33.3. The number of phosphoric acid groups is 1. The van der Waals surface area contributed by atoms with Crippen molar-refractivity contribution < 1.29 is 42.7 Å². The molecule has 11 heteroatoms. The maximum absolute atomic E-state index is 12.6. The molecular weight excluding hydrogens is 669 g/mol. The Hall–Kier alpha value is -1.55. The Morgan fingerprint density at radius 2 is 1.08 bits per heavy atom. The molecule has 0 amide bonds. The Morgan fingerprint density at radius 1 is 0.627 bits per heavy atom. The van der Waals surface area contributed by atoms with E-state index < -0.39 is 45.1 Å². The molecule has 300 valence electrons. The quantitative estimate of drug-likeness (QED) is 0.0240. The minimum atomic E-state index is -4.61. The zero-order chi connectivity index (χ0) is 37.7. The zero-order valence-electron chi connectivity index (χ0n) is 32.5. The van der Waals surface area contributed by atoms with Crippen molar-refractivity contribution in [3.63, 3.8) is 0 Å². The van der Waals surface area contributed by atoms with E-state index in [0.29, 0.717) is 13.0 Å². The van der Waals surface area contributed by atoms with Crippen molar-refractivity contribution in [3.05, 3.63) is 24.3 Å². The SMILES string of the molecule is CCCCC/C=C\C/C=C\CCCCCCCCOCC(COP(=O)(O)OCC(N)C(=O)O)OC(=O)CCCCCCCCCCCCCCC. The lowest BCUT2D eigenvalue weighted by molar-refractivity contribution is -0.154. The topological polar surface area (TPSA) is 155 Å². The van der Waals surface area contributed by atoms with Gasteiger partial charge in [-0.05, 0) is 44.9 Å². The van der Waals surface area contributed by atoms with Crippen LogP contribution < -0.4 is 5.73 Å². The molecule has 0 spiro atoms. The predicted octanol–water partition coefficient (Wildman–Crippen LogP) is 10.8. The predicted molar refractivity (Wildman–Crippen MR) is 208 cm³/mol. The summed E-state index contributed by atoms with van der Waals surface area (Å²) >= 11 is 0. The number of allylic oxidation sites excluding steroid dienone is 4. The molecule has 0 fully saturated rings.